The topological polar surface area (TPSA) is 89.6 Å². The number of rotatable bonds is 2. The maximum absolute atomic E-state index is 5.97. The number of amidine groups is 1. The number of hydrogen-bond donors (Lipinski definition) is 2. The van der Waals surface area contributed by atoms with Gasteiger partial charge in [-0.1, -0.05) is 47.2 Å². The van der Waals surface area contributed by atoms with Gasteiger partial charge in [0.2, 0.25) is 11.1 Å². The van der Waals surface area contributed by atoms with Gasteiger partial charge in [0, 0.05) is 5.56 Å². The highest BCUT2D eigenvalue weighted by Gasteiger charge is 2.03. The predicted molar refractivity (Wildman–Crippen MR) is 92.8 cm³/mol. The molecule has 0 radical (unpaired) electrons. The number of thiazole rings is 1. The minimum atomic E-state index is 0.0954. The van der Waals surface area contributed by atoms with Crippen molar-refractivity contribution in [3.05, 3.63) is 59.7 Å². The molecular formula is C16H15N5S. The van der Waals surface area contributed by atoms with Crippen LogP contribution < -0.4 is 11.5 Å². The van der Waals surface area contributed by atoms with E-state index in [0.29, 0.717) is 11.0 Å². The lowest BCUT2D eigenvalue weighted by Gasteiger charge is -2.01. The zero-order valence-electron chi connectivity index (χ0n) is 12.0. The third kappa shape index (κ3) is 3.12. The molecule has 0 aliphatic heterocycles. The number of benzene rings is 2. The first-order valence-electron chi connectivity index (χ1n) is 6.73. The van der Waals surface area contributed by atoms with Gasteiger partial charge in [0.05, 0.1) is 10.2 Å². The summed E-state index contributed by atoms with van der Waals surface area (Å²) in [6.45, 7) is 2.00. The molecule has 0 aliphatic rings. The Bertz CT molecular complexity index is 846. The highest BCUT2D eigenvalue weighted by atomic mass is 32.1. The molecule has 6 heteroatoms. The normalized spacial score (nSPS) is 12.8. The van der Waals surface area contributed by atoms with Crippen molar-refractivity contribution in [1.29, 1.82) is 0 Å². The third-order valence-corrected chi connectivity index (χ3v) is 3.97. The summed E-state index contributed by atoms with van der Waals surface area (Å²) in [6, 6.07) is 15.6. The SMILES string of the molecule is Cc1cccc(C(N)=NC(N)=Nc2nc3ccccc3s2)c1. The van der Waals surface area contributed by atoms with E-state index in [2.05, 4.69) is 15.0 Å². The Kier molecular flexibility index (Phi) is 3.84. The van der Waals surface area contributed by atoms with Crippen LogP contribution in [-0.4, -0.2) is 16.8 Å². The lowest BCUT2D eigenvalue weighted by Crippen LogP contribution is -2.19. The fourth-order valence-electron chi connectivity index (χ4n) is 2.02. The van der Waals surface area contributed by atoms with Gasteiger partial charge < -0.3 is 11.5 Å². The highest BCUT2D eigenvalue weighted by Crippen LogP contribution is 2.27. The number of guanidine groups is 1. The van der Waals surface area contributed by atoms with E-state index < -0.39 is 0 Å². The van der Waals surface area contributed by atoms with Gasteiger partial charge in [-0.15, -0.1) is 0 Å². The average molecular weight is 309 g/mol. The predicted octanol–water partition coefficient (Wildman–Crippen LogP) is 2.96. The van der Waals surface area contributed by atoms with Crippen molar-refractivity contribution in [3.8, 4) is 0 Å². The minimum absolute atomic E-state index is 0.0954. The summed E-state index contributed by atoms with van der Waals surface area (Å²) < 4.78 is 1.06. The Morgan fingerprint density at radius 3 is 2.68 bits per heavy atom. The molecule has 4 N–H and O–H groups in total. The molecule has 0 amide bonds. The summed E-state index contributed by atoms with van der Waals surface area (Å²) in [5.74, 6) is 0.434. The molecule has 0 saturated heterocycles. The van der Waals surface area contributed by atoms with E-state index in [1.165, 1.54) is 11.3 Å². The second-order valence-electron chi connectivity index (χ2n) is 4.80. The van der Waals surface area contributed by atoms with Crippen molar-refractivity contribution in [3.63, 3.8) is 0 Å². The van der Waals surface area contributed by atoms with Crippen molar-refractivity contribution in [2.75, 3.05) is 0 Å². The van der Waals surface area contributed by atoms with Crippen LogP contribution in [0, 0.1) is 6.92 Å². The molecule has 0 fully saturated rings. The molecule has 3 rings (SSSR count). The molecule has 0 aliphatic carbocycles. The van der Waals surface area contributed by atoms with Crippen LogP contribution in [0.5, 0.6) is 0 Å². The summed E-state index contributed by atoms with van der Waals surface area (Å²) in [7, 11) is 0. The molecule has 1 heterocycles. The van der Waals surface area contributed by atoms with E-state index in [4.69, 9.17) is 11.5 Å². The molecule has 0 unspecified atom stereocenters. The van der Waals surface area contributed by atoms with E-state index in [1.54, 1.807) is 0 Å². The van der Waals surface area contributed by atoms with Crippen LogP contribution in [0.2, 0.25) is 0 Å². The van der Waals surface area contributed by atoms with Crippen LogP contribution in [0.4, 0.5) is 5.13 Å². The van der Waals surface area contributed by atoms with Gasteiger partial charge in [-0.05, 0) is 25.1 Å². The largest absolute Gasteiger partial charge is 0.383 e. The molecule has 22 heavy (non-hydrogen) atoms. The molecule has 0 bridgehead atoms. The number of aryl methyl sites for hydroxylation is 1. The summed E-state index contributed by atoms with van der Waals surface area (Å²) in [5.41, 5.74) is 14.6. The van der Waals surface area contributed by atoms with E-state index in [1.807, 2.05) is 55.5 Å². The Hall–Kier alpha value is -2.73. The smallest absolute Gasteiger partial charge is 0.224 e. The second kappa shape index (κ2) is 5.95. The Balaban J connectivity index is 1.89. The zero-order valence-corrected chi connectivity index (χ0v) is 12.8. The molecule has 5 nitrogen and oxygen atoms in total. The number of para-hydroxylation sites is 1. The lowest BCUT2D eigenvalue weighted by atomic mass is 10.1. The van der Waals surface area contributed by atoms with Crippen LogP contribution >= 0.6 is 11.3 Å². The molecule has 3 aromatic rings. The van der Waals surface area contributed by atoms with Crippen LogP contribution in [0.15, 0.2) is 58.5 Å². The highest BCUT2D eigenvalue weighted by molar-refractivity contribution is 7.22. The Morgan fingerprint density at radius 1 is 1.09 bits per heavy atom. The number of nitrogens with zero attached hydrogens (tertiary/aromatic N) is 3. The first-order valence-corrected chi connectivity index (χ1v) is 7.54. The molecule has 0 saturated carbocycles. The number of aromatic nitrogens is 1. The number of aliphatic imine (C=N–C) groups is 2. The first kappa shape index (κ1) is 14.2. The monoisotopic (exact) mass is 309 g/mol. The molecule has 110 valence electrons. The molecule has 2 aromatic carbocycles. The van der Waals surface area contributed by atoms with Gasteiger partial charge >= 0.3 is 0 Å². The van der Waals surface area contributed by atoms with Gasteiger partial charge in [-0.25, -0.2) is 4.98 Å². The minimum Gasteiger partial charge on any atom is -0.383 e. The van der Waals surface area contributed by atoms with Gasteiger partial charge in [-0.2, -0.15) is 9.98 Å². The number of fused-ring (bicyclic) bond motifs is 1. The Labute approximate surface area is 132 Å². The van der Waals surface area contributed by atoms with Crippen molar-refractivity contribution in [2.24, 2.45) is 21.5 Å². The third-order valence-electron chi connectivity index (χ3n) is 3.04. The van der Waals surface area contributed by atoms with Crippen molar-refractivity contribution >= 4 is 38.5 Å². The van der Waals surface area contributed by atoms with Crippen molar-refractivity contribution in [2.45, 2.75) is 6.92 Å². The van der Waals surface area contributed by atoms with E-state index in [-0.39, 0.29) is 5.96 Å². The summed E-state index contributed by atoms with van der Waals surface area (Å²) in [4.78, 5) is 12.7. The fraction of sp³-hybridized carbons (Fsp3) is 0.0625. The van der Waals surface area contributed by atoms with E-state index in [9.17, 15) is 0 Å². The molecule has 0 atom stereocenters. The van der Waals surface area contributed by atoms with Crippen LogP contribution in [-0.2, 0) is 0 Å². The molecular weight excluding hydrogens is 294 g/mol. The maximum atomic E-state index is 5.97. The number of nitrogens with two attached hydrogens (primary N) is 2. The molecule has 1 aromatic heterocycles. The quantitative estimate of drug-likeness (QED) is 0.563. The van der Waals surface area contributed by atoms with Crippen LogP contribution in [0.1, 0.15) is 11.1 Å². The van der Waals surface area contributed by atoms with Gasteiger partial charge in [-0.3, -0.25) is 0 Å². The van der Waals surface area contributed by atoms with Crippen molar-refractivity contribution < 1.29 is 0 Å². The van der Waals surface area contributed by atoms with Crippen LogP contribution in [0.3, 0.4) is 0 Å². The standard InChI is InChI=1S/C16H15N5S/c1-10-5-4-6-11(9-10)14(17)20-15(18)21-16-19-12-7-2-3-8-13(12)22-16/h2-9H,1H3,(H4,17,18,19,20,21). The van der Waals surface area contributed by atoms with Crippen molar-refractivity contribution in [1.82, 2.24) is 4.98 Å². The average Bonchev–Trinajstić information content (AvgIpc) is 2.89. The number of hydrogen-bond acceptors (Lipinski definition) is 3. The zero-order chi connectivity index (χ0) is 15.5. The summed E-state index contributed by atoms with van der Waals surface area (Å²) in [6.07, 6.45) is 0. The first-order chi connectivity index (χ1) is 10.6. The van der Waals surface area contributed by atoms with Gasteiger partial charge in [0.25, 0.3) is 0 Å². The molecule has 0 spiro atoms. The summed E-state index contributed by atoms with van der Waals surface area (Å²) in [5, 5.41) is 0.569. The fourth-order valence-corrected chi connectivity index (χ4v) is 2.87. The van der Waals surface area contributed by atoms with E-state index >= 15 is 0 Å². The Morgan fingerprint density at radius 2 is 1.91 bits per heavy atom. The van der Waals surface area contributed by atoms with Crippen LogP contribution in [0.25, 0.3) is 10.2 Å². The lowest BCUT2D eigenvalue weighted by molar-refractivity contribution is 1.35. The van der Waals surface area contributed by atoms with Gasteiger partial charge in [0.15, 0.2) is 0 Å². The summed E-state index contributed by atoms with van der Waals surface area (Å²) >= 11 is 1.46. The maximum Gasteiger partial charge on any atom is 0.224 e. The van der Waals surface area contributed by atoms with E-state index in [0.717, 1.165) is 21.3 Å². The second-order valence-corrected chi connectivity index (χ2v) is 5.81. The van der Waals surface area contributed by atoms with Gasteiger partial charge in [0.1, 0.15) is 5.84 Å².